The second-order valence-electron chi connectivity index (χ2n) is 7.18. The first-order valence-corrected chi connectivity index (χ1v) is 9.46. The monoisotopic (exact) mass is 340 g/mol. The van der Waals surface area contributed by atoms with Crippen molar-refractivity contribution in [2.24, 2.45) is 5.92 Å². The van der Waals surface area contributed by atoms with Crippen molar-refractivity contribution >= 4 is 17.4 Å². The Kier molecular flexibility index (Phi) is 5.90. The van der Waals surface area contributed by atoms with Crippen LogP contribution in [0.1, 0.15) is 44.6 Å². The van der Waals surface area contributed by atoms with E-state index < -0.39 is 0 Å². The van der Waals surface area contributed by atoms with Crippen molar-refractivity contribution in [2.75, 3.05) is 26.2 Å². The molecule has 1 saturated carbocycles. The summed E-state index contributed by atoms with van der Waals surface area (Å²) < 4.78 is 0. The number of allylic oxidation sites excluding steroid dienone is 1. The van der Waals surface area contributed by atoms with E-state index in [1.54, 1.807) is 6.08 Å². The Morgan fingerprint density at radius 3 is 2.16 bits per heavy atom. The van der Waals surface area contributed by atoms with E-state index in [4.69, 9.17) is 0 Å². The number of benzene rings is 1. The molecule has 134 valence electrons. The molecule has 0 N–H and O–H groups in total. The maximum Gasteiger partial charge on any atom is 0.246 e. The first-order valence-electron chi connectivity index (χ1n) is 9.46. The van der Waals surface area contributed by atoms with Gasteiger partial charge in [-0.1, -0.05) is 49.6 Å². The van der Waals surface area contributed by atoms with Gasteiger partial charge in [0.2, 0.25) is 11.8 Å². The molecule has 0 unspecified atom stereocenters. The molecule has 0 bridgehead atoms. The fourth-order valence-corrected chi connectivity index (χ4v) is 3.82. The highest BCUT2D eigenvalue weighted by atomic mass is 16.2. The van der Waals surface area contributed by atoms with Crippen LogP contribution in [0, 0.1) is 5.92 Å². The fourth-order valence-electron chi connectivity index (χ4n) is 3.82. The van der Waals surface area contributed by atoms with Gasteiger partial charge in [-0.2, -0.15) is 0 Å². The predicted molar refractivity (Wildman–Crippen MR) is 99.8 cm³/mol. The molecule has 4 nitrogen and oxygen atoms in total. The molecule has 1 aromatic carbocycles. The van der Waals surface area contributed by atoms with Crippen molar-refractivity contribution in [1.29, 1.82) is 0 Å². The fraction of sp³-hybridized carbons (Fsp3) is 0.524. The van der Waals surface area contributed by atoms with Gasteiger partial charge < -0.3 is 9.80 Å². The quantitative estimate of drug-likeness (QED) is 0.792. The van der Waals surface area contributed by atoms with E-state index >= 15 is 0 Å². The molecule has 0 radical (unpaired) electrons. The third-order valence-corrected chi connectivity index (χ3v) is 5.43. The first kappa shape index (κ1) is 17.7. The lowest BCUT2D eigenvalue weighted by Crippen LogP contribution is -2.51. The molecule has 1 saturated heterocycles. The highest BCUT2D eigenvalue weighted by Gasteiger charge is 2.29. The van der Waals surface area contributed by atoms with Gasteiger partial charge in [0, 0.05) is 38.2 Å². The summed E-state index contributed by atoms with van der Waals surface area (Å²) in [5.41, 5.74) is 2.05. The van der Waals surface area contributed by atoms with Gasteiger partial charge >= 0.3 is 0 Å². The number of carbonyl (C=O) groups excluding carboxylic acids is 2. The maximum absolute atomic E-state index is 12.6. The molecule has 2 amide bonds. The van der Waals surface area contributed by atoms with Crippen LogP contribution in [-0.2, 0) is 9.59 Å². The van der Waals surface area contributed by atoms with Crippen molar-refractivity contribution in [3.63, 3.8) is 0 Å². The van der Waals surface area contributed by atoms with Gasteiger partial charge in [0.15, 0.2) is 0 Å². The van der Waals surface area contributed by atoms with Crippen molar-refractivity contribution in [3.8, 4) is 0 Å². The molecule has 4 heteroatoms. The Hall–Kier alpha value is -2.10. The minimum Gasteiger partial charge on any atom is -0.339 e. The molecule has 1 aliphatic carbocycles. The maximum atomic E-state index is 12.6. The second-order valence-corrected chi connectivity index (χ2v) is 7.18. The molecular weight excluding hydrogens is 312 g/mol. The molecule has 1 heterocycles. The summed E-state index contributed by atoms with van der Waals surface area (Å²) in [6.45, 7) is 4.57. The lowest BCUT2D eigenvalue weighted by atomic mass is 9.88. The first-order chi connectivity index (χ1) is 12.1. The summed E-state index contributed by atoms with van der Waals surface area (Å²) in [6, 6.07) is 9.96. The average Bonchev–Trinajstić information content (AvgIpc) is 2.69. The Morgan fingerprint density at radius 1 is 0.920 bits per heavy atom. The Morgan fingerprint density at radius 2 is 1.52 bits per heavy atom. The van der Waals surface area contributed by atoms with Gasteiger partial charge in [-0.25, -0.2) is 0 Å². The summed E-state index contributed by atoms with van der Waals surface area (Å²) >= 11 is 0. The van der Waals surface area contributed by atoms with Crippen molar-refractivity contribution in [1.82, 2.24) is 9.80 Å². The summed E-state index contributed by atoms with van der Waals surface area (Å²) in [5.74, 6) is 0.574. The summed E-state index contributed by atoms with van der Waals surface area (Å²) in [5, 5.41) is 0. The van der Waals surface area contributed by atoms with Crippen LogP contribution in [0.3, 0.4) is 0 Å². The topological polar surface area (TPSA) is 40.6 Å². The molecule has 0 spiro atoms. The second kappa shape index (κ2) is 8.32. The van der Waals surface area contributed by atoms with Crippen molar-refractivity contribution in [2.45, 2.75) is 39.0 Å². The number of hydrogen-bond acceptors (Lipinski definition) is 2. The van der Waals surface area contributed by atoms with Crippen LogP contribution in [0.4, 0.5) is 0 Å². The largest absolute Gasteiger partial charge is 0.339 e. The Balaban J connectivity index is 1.53. The number of nitrogens with zero attached hydrogens (tertiary/aromatic N) is 2. The minimum atomic E-state index is 0.0473. The highest BCUT2D eigenvalue weighted by molar-refractivity contribution is 5.95. The lowest BCUT2D eigenvalue weighted by molar-refractivity contribution is -0.141. The van der Waals surface area contributed by atoms with Crippen LogP contribution in [0.5, 0.6) is 0 Å². The third kappa shape index (κ3) is 4.50. The van der Waals surface area contributed by atoms with Gasteiger partial charge in [0.25, 0.3) is 0 Å². The van der Waals surface area contributed by atoms with E-state index in [0.717, 1.165) is 24.0 Å². The average molecular weight is 340 g/mol. The molecule has 2 aliphatic rings. The van der Waals surface area contributed by atoms with Gasteiger partial charge in [-0.05, 0) is 30.9 Å². The lowest BCUT2D eigenvalue weighted by Gasteiger charge is -2.36. The van der Waals surface area contributed by atoms with Crippen LogP contribution < -0.4 is 0 Å². The summed E-state index contributed by atoms with van der Waals surface area (Å²) in [7, 11) is 0. The Labute approximate surface area is 150 Å². The third-order valence-electron chi connectivity index (χ3n) is 5.43. The van der Waals surface area contributed by atoms with Gasteiger partial charge in [0.05, 0.1) is 0 Å². The number of rotatable bonds is 3. The van der Waals surface area contributed by atoms with E-state index in [-0.39, 0.29) is 11.8 Å². The summed E-state index contributed by atoms with van der Waals surface area (Å²) in [6.07, 6.45) is 7.41. The standard InChI is InChI=1S/C21H28N2O2/c1-17(18-8-4-2-5-9-18)16-20(24)22-12-14-23(15-13-22)21(25)19-10-6-3-7-11-19/h2,4-5,8-9,16,19H,3,6-7,10-15H2,1H3/b17-16+. The van der Waals surface area contributed by atoms with Gasteiger partial charge in [-0.3, -0.25) is 9.59 Å². The predicted octanol–water partition coefficient (Wildman–Crippen LogP) is 3.34. The Bertz CT molecular complexity index is 625. The number of carbonyl (C=O) groups is 2. The zero-order valence-electron chi connectivity index (χ0n) is 15.1. The molecule has 0 aromatic heterocycles. The van der Waals surface area contributed by atoms with E-state index in [1.165, 1.54) is 19.3 Å². The molecule has 1 aliphatic heterocycles. The smallest absolute Gasteiger partial charge is 0.246 e. The molecule has 2 fully saturated rings. The molecular formula is C21H28N2O2. The number of hydrogen-bond donors (Lipinski definition) is 0. The van der Waals surface area contributed by atoms with Gasteiger partial charge in [-0.15, -0.1) is 0 Å². The zero-order valence-corrected chi connectivity index (χ0v) is 15.1. The van der Waals surface area contributed by atoms with Crippen LogP contribution in [0.25, 0.3) is 5.57 Å². The number of piperazine rings is 1. The van der Waals surface area contributed by atoms with Crippen molar-refractivity contribution in [3.05, 3.63) is 42.0 Å². The van der Waals surface area contributed by atoms with Gasteiger partial charge in [0.1, 0.15) is 0 Å². The van der Waals surface area contributed by atoms with Crippen LogP contribution in [0.15, 0.2) is 36.4 Å². The summed E-state index contributed by atoms with van der Waals surface area (Å²) in [4.78, 5) is 28.9. The van der Waals surface area contributed by atoms with E-state index in [9.17, 15) is 9.59 Å². The number of amides is 2. The van der Waals surface area contributed by atoms with Crippen LogP contribution in [0.2, 0.25) is 0 Å². The molecule has 25 heavy (non-hydrogen) atoms. The van der Waals surface area contributed by atoms with E-state index in [0.29, 0.717) is 32.1 Å². The molecule has 1 aromatic rings. The van der Waals surface area contributed by atoms with E-state index in [1.807, 2.05) is 47.1 Å². The molecule has 0 atom stereocenters. The van der Waals surface area contributed by atoms with Crippen LogP contribution in [-0.4, -0.2) is 47.8 Å². The minimum absolute atomic E-state index is 0.0473. The molecule has 3 rings (SSSR count). The highest BCUT2D eigenvalue weighted by Crippen LogP contribution is 2.26. The normalized spacial score (nSPS) is 19.8. The van der Waals surface area contributed by atoms with Crippen molar-refractivity contribution < 1.29 is 9.59 Å². The van der Waals surface area contributed by atoms with Crippen LogP contribution >= 0.6 is 0 Å². The SMILES string of the molecule is C/C(=C\C(=O)N1CCN(C(=O)C2CCCCC2)CC1)c1ccccc1. The van der Waals surface area contributed by atoms with E-state index in [2.05, 4.69) is 0 Å². The zero-order chi connectivity index (χ0) is 17.6.